The van der Waals surface area contributed by atoms with Gasteiger partial charge in [-0.1, -0.05) is 12.8 Å². The topological polar surface area (TPSA) is 52.0 Å². The lowest BCUT2D eigenvalue weighted by atomic mass is 10.3. The van der Waals surface area contributed by atoms with Crippen LogP contribution in [0.15, 0.2) is 11.1 Å². The summed E-state index contributed by atoms with van der Waals surface area (Å²) in [4.78, 5) is 0.135. The summed E-state index contributed by atoms with van der Waals surface area (Å²) in [5.74, 6) is 0. The first-order valence-electron chi connectivity index (χ1n) is 4.99. The average molecular weight is 249 g/mol. The summed E-state index contributed by atoms with van der Waals surface area (Å²) in [5.41, 5.74) is 0.483. The molecule has 0 unspecified atom stereocenters. The zero-order chi connectivity index (χ0) is 11.1. The van der Waals surface area contributed by atoms with Crippen LogP contribution in [-0.2, 0) is 9.05 Å². The maximum atomic E-state index is 11.2. The zero-order valence-electron chi connectivity index (χ0n) is 8.48. The van der Waals surface area contributed by atoms with Gasteiger partial charge in [-0.2, -0.15) is 5.10 Å². The van der Waals surface area contributed by atoms with E-state index in [9.17, 15) is 8.42 Å². The molecule has 2 rings (SSSR count). The monoisotopic (exact) mass is 248 g/mol. The highest BCUT2D eigenvalue weighted by Gasteiger charge is 2.22. The molecule has 84 valence electrons. The number of aryl methyl sites for hydroxylation is 1. The van der Waals surface area contributed by atoms with E-state index < -0.39 is 9.05 Å². The van der Waals surface area contributed by atoms with Gasteiger partial charge in [0, 0.05) is 16.9 Å². The van der Waals surface area contributed by atoms with Crippen molar-refractivity contribution in [1.29, 1.82) is 0 Å². The van der Waals surface area contributed by atoms with Crippen LogP contribution >= 0.6 is 10.7 Å². The third kappa shape index (κ3) is 2.18. The first kappa shape index (κ1) is 11.0. The number of hydrogen-bond donors (Lipinski definition) is 0. The van der Waals surface area contributed by atoms with E-state index in [1.807, 2.05) is 0 Å². The quantitative estimate of drug-likeness (QED) is 0.755. The highest BCUT2D eigenvalue weighted by atomic mass is 35.7. The van der Waals surface area contributed by atoms with Crippen LogP contribution in [0.5, 0.6) is 0 Å². The molecule has 0 spiro atoms. The molecule has 1 aromatic rings. The van der Waals surface area contributed by atoms with Crippen molar-refractivity contribution >= 4 is 19.7 Å². The van der Waals surface area contributed by atoms with Gasteiger partial charge in [0.25, 0.3) is 9.05 Å². The van der Waals surface area contributed by atoms with Crippen LogP contribution in [0.25, 0.3) is 0 Å². The molecular weight excluding hydrogens is 236 g/mol. The second-order valence-corrected chi connectivity index (χ2v) is 6.47. The van der Waals surface area contributed by atoms with E-state index in [1.165, 1.54) is 12.8 Å². The highest BCUT2D eigenvalue weighted by Crippen LogP contribution is 2.30. The third-order valence-corrected chi connectivity index (χ3v) is 4.26. The molecule has 1 aromatic heterocycles. The Labute approximate surface area is 93.7 Å². The van der Waals surface area contributed by atoms with Crippen LogP contribution < -0.4 is 0 Å². The van der Waals surface area contributed by atoms with Crippen LogP contribution in [0.2, 0.25) is 0 Å². The molecule has 0 bridgehead atoms. The van der Waals surface area contributed by atoms with Gasteiger partial charge in [0.15, 0.2) is 0 Å². The Morgan fingerprint density at radius 2 is 2.07 bits per heavy atom. The summed E-state index contributed by atoms with van der Waals surface area (Å²) in [6, 6.07) is 0.343. The molecule has 0 aromatic carbocycles. The molecule has 15 heavy (non-hydrogen) atoms. The standard InChI is InChI=1S/C9H13ClN2O2S/c1-7-9(15(10,13)14)6-12(11-7)8-4-2-3-5-8/h6,8H,2-5H2,1H3. The number of rotatable bonds is 2. The second kappa shape index (κ2) is 3.79. The molecule has 1 fully saturated rings. The van der Waals surface area contributed by atoms with E-state index in [-0.39, 0.29) is 4.90 Å². The van der Waals surface area contributed by atoms with Crippen molar-refractivity contribution in [2.45, 2.75) is 43.5 Å². The van der Waals surface area contributed by atoms with Gasteiger partial charge in [0.05, 0.1) is 11.7 Å². The Balaban J connectivity index is 2.36. The van der Waals surface area contributed by atoms with Crippen molar-refractivity contribution in [2.24, 2.45) is 0 Å². The fraction of sp³-hybridized carbons (Fsp3) is 0.667. The maximum Gasteiger partial charge on any atom is 0.264 e. The lowest BCUT2D eigenvalue weighted by molar-refractivity contribution is 0.464. The Morgan fingerprint density at radius 3 is 2.53 bits per heavy atom. The van der Waals surface area contributed by atoms with Crippen molar-refractivity contribution in [2.75, 3.05) is 0 Å². The SMILES string of the molecule is Cc1nn(C2CCCC2)cc1S(=O)(=O)Cl. The van der Waals surface area contributed by atoms with Crippen LogP contribution in [0.1, 0.15) is 37.4 Å². The molecule has 0 N–H and O–H groups in total. The molecule has 0 aliphatic heterocycles. The summed E-state index contributed by atoms with van der Waals surface area (Å²) >= 11 is 0. The van der Waals surface area contributed by atoms with Gasteiger partial charge in [-0.05, 0) is 19.8 Å². The van der Waals surface area contributed by atoms with E-state index in [2.05, 4.69) is 5.10 Å². The van der Waals surface area contributed by atoms with E-state index in [0.29, 0.717) is 11.7 Å². The van der Waals surface area contributed by atoms with Crippen molar-refractivity contribution in [1.82, 2.24) is 9.78 Å². The fourth-order valence-corrected chi connectivity index (χ4v) is 3.14. The van der Waals surface area contributed by atoms with Crippen molar-refractivity contribution < 1.29 is 8.42 Å². The molecule has 1 saturated carbocycles. The van der Waals surface area contributed by atoms with E-state index in [1.54, 1.807) is 17.8 Å². The number of nitrogens with zero attached hydrogens (tertiary/aromatic N) is 2. The molecule has 1 aliphatic carbocycles. The van der Waals surface area contributed by atoms with Gasteiger partial charge in [-0.15, -0.1) is 0 Å². The van der Waals surface area contributed by atoms with Gasteiger partial charge in [0.1, 0.15) is 4.90 Å². The Hall–Kier alpha value is -0.550. The Morgan fingerprint density at radius 1 is 1.47 bits per heavy atom. The van der Waals surface area contributed by atoms with Crippen LogP contribution in [0, 0.1) is 6.92 Å². The first-order valence-corrected chi connectivity index (χ1v) is 7.30. The molecule has 0 atom stereocenters. The Bertz CT molecular complexity index is 460. The summed E-state index contributed by atoms with van der Waals surface area (Å²) in [5, 5.41) is 4.21. The molecule has 4 nitrogen and oxygen atoms in total. The first-order chi connectivity index (χ1) is 6.98. The van der Waals surface area contributed by atoms with Gasteiger partial charge in [0.2, 0.25) is 0 Å². The van der Waals surface area contributed by atoms with Crippen molar-refractivity contribution in [3.63, 3.8) is 0 Å². The molecular formula is C9H13ClN2O2S. The van der Waals surface area contributed by atoms with Crippen LogP contribution in [0.4, 0.5) is 0 Å². The maximum absolute atomic E-state index is 11.2. The lowest BCUT2D eigenvalue weighted by Gasteiger charge is -2.08. The molecule has 0 amide bonds. The van der Waals surface area contributed by atoms with E-state index in [4.69, 9.17) is 10.7 Å². The molecule has 0 radical (unpaired) electrons. The van der Waals surface area contributed by atoms with Gasteiger partial charge in [-0.3, -0.25) is 4.68 Å². The molecule has 1 heterocycles. The Kier molecular flexibility index (Phi) is 2.77. The summed E-state index contributed by atoms with van der Waals surface area (Å²) in [6.07, 6.45) is 6.07. The summed E-state index contributed by atoms with van der Waals surface area (Å²) in [7, 11) is 1.65. The van der Waals surface area contributed by atoms with Gasteiger partial charge in [-0.25, -0.2) is 8.42 Å². The van der Waals surface area contributed by atoms with E-state index >= 15 is 0 Å². The lowest BCUT2D eigenvalue weighted by Crippen LogP contribution is -2.04. The smallest absolute Gasteiger partial charge is 0.264 e. The minimum atomic E-state index is -3.65. The molecule has 6 heteroatoms. The fourth-order valence-electron chi connectivity index (χ4n) is 2.06. The molecule has 0 saturated heterocycles. The summed E-state index contributed by atoms with van der Waals surface area (Å²) < 4.78 is 24.1. The second-order valence-electron chi connectivity index (χ2n) is 3.93. The van der Waals surface area contributed by atoms with Gasteiger partial charge < -0.3 is 0 Å². The number of halogens is 1. The minimum Gasteiger partial charge on any atom is -0.268 e. The van der Waals surface area contributed by atoms with Gasteiger partial charge >= 0.3 is 0 Å². The summed E-state index contributed by atoms with van der Waals surface area (Å²) in [6.45, 7) is 1.67. The normalized spacial score (nSPS) is 18.5. The zero-order valence-corrected chi connectivity index (χ0v) is 10.1. The van der Waals surface area contributed by atoms with Crippen LogP contribution in [-0.4, -0.2) is 18.2 Å². The van der Waals surface area contributed by atoms with Crippen molar-refractivity contribution in [3.05, 3.63) is 11.9 Å². The average Bonchev–Trinajstić information content (AvgIpc) is 2.68. The number of hydrogen-bond acceptors (Lipinski definition) is 3. The largest absolute Gasteiger partial charge is 0.268 e. The number of aromatic nitrogens is 2. The van der Waals surface area contributed by atoms with E-state index in [0.717, 1.165) is 12.8 Å². The minimum absolute atomic E-state index is 0.135. The van der Waals surface area contributed by atoms with Crippen molar-refractivity contribution in [3.8, 4) is 0 Å². The third-order valence-electron chi connectivity index (χ3n) is 2.83. The van der Waals surface area contributed by atoms with Crippen LogP contribution in [0.3, 0.4) is 0 Å². The highest BCUT2D eigenvalue weighted by molar-refractivity contribution is 8.13. The predicted molar refractivity (Wildman–Crippen MR) is 57.5 cm³/mol. The molecule has 1 aliphatic rings. The predicted octanol–water partition coefficient (Wildman–Crippen LogP) is 2.23.